The van der Waals surface area contributed by atoms with E-state index in [1.807, 2.05) is 61.5 Å². The van der Waals surface area contributed by atoms with Crippen molar-refractivity contribution in [3.05, 3.63) is 125 Å². The number of nitrogens with two attached hydrogens (primary N) is 1. The normalized spacial score (nSPS) is 10.7. The molecule has 8 nitrogen and oxygen atoms in total. The van der Waals surface area contributed by atoms with Crippen LogP contribution in [0.25, 0.3) is 22.3 Å². The number of ether oxygens (including phenoxy) is 2. The van der Waals surface area contributed by atoms with Crippen molar-refractivity contribution in [3.8, 4) is 33.8 Å². The SMILES string of the molecule is COc1cc(-c2cc(OC)c(Nc3ccccc3C(=O)O)cc2-c2ccc(C)cc2N)ccc1Cc1ccccc1C(=O)O. The topological polar surface area (TPSA) is 131 Å². The lowest BCUT2D eigenvalue weighted by Crippen LogP contribution is -2.04. The van der Waals surface area contributed by atoms with Crippen LogP contribution in [-0.4, -0.2) is 36.4 Å². The Balaban J connectivity index is 1.66. The maximum Gasteiger partial charge on any atom is 0.337 e. The molecule has 0 aliphatic carbocycles. The molecule has 0 amide bonds. The number of methoxy groups -OCH3 is 2. The molecule has 0 spiro atoms. The molecule has 44 heavy (non-hydrogen) atoms. The minimum absolute atomic E-state index is 0.125. The zero-order valence-corrected chi connectivity index (χ0v) is 24.5. The van der Waals surface area contributed by atoms with Gasteiger partial charge in [0, 0.05) is 17.7 Å². The third-order valence-corrected chi connectivity index (χ3v) is 7.49. The van der Waals surface area contributed by atoms with Crippen molar-refractivity contribution in [2.75, 3.05) is 25.3 Å². The summed E-state index contributed by atoms with van der Waals surface area (Å²) in [6.07, 6.45) is 0.374. The summed E-state index contributed by atoms with van der Waals surface area (Å²) >= 11 is 0. The van der Waals surface area contributed by atoms with Gasteiger partial charge in [0.25, 0.3) is 0 Å². The van der Waals surface area contributed by atoms with Crippen LogP contribution < -0.4 is 20.5 Å². The fraction of sp³-hybridized carbons (Fsp3) is 0.111. The molecule has 0 bridgehead atoms. The molecule has 0 saturated carbocycles. The van der Waals surface area contributed by atoms with Gasteiger partial charge in [-0.25, -0.2) is 9.59 Å². The molecule has 0 unspecified atom stereocenters. The number of hydrogen-bond acceptors (Lipinski definition) is 6. The molecule has 222 valence electrons. The molecule has 0 fully saturated rings. The standard InChI is InChI=1S/C36H32N2O6/c1-21-12-15-26(30(37)16-21)29-19-32(38-31-11-7-6-10-27(31)36(41)42)34(44-3)20-28(29)23-13-14-24(33(18-23)43-2)17-22-8-4-5-9-25(22)35(39)40/h4-16,18-20,38H,17,37H2,1-3H3,(H,39,40)(H,41,42). The highest BCUT2D eigenvalue weighted by molar-refractivity contribution is 5.97. The first-order chi connectivity index (χ1) is 21.2. The molecule has 0 aromatic heterocycles. The van der Waals surface area contributed by atoms with Gasteiger partial charge in [-0.15, -0.1) is 0 Å². The van der Waals surface area contributed by atoms with Crippen LogP contribution >= 0.6 is 0 Å². The number of carbonyl (C=O) groups is 2. The zero-order valence-electron chi connectivity index (χ0n) is 24.5. The van der Waals surface area contributed by atoms with Gasteiger partial charge in [0.15, 0.2) is 0 Å². The number of anilines is 3. The second-order valence-electron chi connectivity index (χ2n) is 10.3. The zero-order chi connectivity index (χ0) is 31.4. The van der Waals surface area contributed by atoms with Crippen molar-refractivity contribution in [1.82, 2.24) is 0 Å². The number of hydrogen-bond donors (Lipinski definition) is 4. The van der Waals surface area contributed by atoms with Crippen LogP contribution in [0, 0.1) is 6.92 Å². The number of carboxylic acids is 2. The minimum atomic E-state index is -1.05. The van der Waals surface area contributed by atoms with Gasteiger partial charge < -0.3 is 30.7 Å². The smallest absolute Gasteiger partial charge is 0.337 e. The van der Waals surface area contributed by atoms with Crippen LogP contribution in [0.3, 0.4) is 0 Å². The summed E-state index contributed by atoms with van der Waals surface area (Å²) in [6.45, 7) is 1.97. The van der Waals surface area contributed by atoms with Crippen molar-refractivity contribution >= 4 is 29.0 Å². The lowest BCUT2D eigenvalue weighted by Gasteiger charge is -2.20. The number of aryl methyl sites for hydroxylation is 1. The van der Waals surface area contributed by atoms with E-state index in [1.165, 1.54) is 6.07 Å². The van der Waals surface area contributed by atoms with Crippen LogP contribution in [-0.2, 0) is 6.42 Å². The summed E-state index contributed by atoms with van der Waals surface area (Å²) in [5, 5.41) is 22.6. The van der Waals surface area contributed by atoms with Gasteiger partial charge in [-0.3, -0.25) is 0 Å². The van der Waals surface area contributed by atoms with E-state index in [4.69, 9.17) is 15.2 Å². The molecule has 8 heteroatoms. The predicted octanol–water partition coefficient (Wildman–Crippen LogP) is 7.66. The summed E-state index contributed by atoms with van der Waals surface area (Å²) in [5.41, 5.74) is 14.2. The second-order valence-corrected chi connectivity index (χ2v) is 10.3. The largest absolute Gasteiger partial charge is 0.496 e. The third-order valence-electron chi connectivity index (χ3n) is 7.49. The lowest BCUT2D eigenvalue weighted by atomic mass is 9.90. The molecule has 5 aromatic carbocycles. The Bertz CT molecular complexity index is 1880. The molecule has 5 N–H and O–H groups in total. The van der Waals surface area contributed by atoms with Gasteiger partial charge in [0.2, 0.25) is 0 Å². The highest BCUT2D eigenvalue weighted by atomic mass is 16.5. The van der Waals surface area contributed by atoms with Gasteiger partial charge in [-0.05, 0) is 82.8 Å². The maximum atomic E-state index is 11.9. The molecule has 0 heterocycles. The van der Waals surface area contributed by atoms with Gasteiger partial charge >= 0.3 is 11.9 Å². The summed E-state index contributed by atoms with van der Waals surface area (Å²) in [5.74, 6) is -0.941. The Labute approximate surface area is 255 Å². The number of carboxylic acid groups (broad SMARTS) is 2. The Morgan fingerprint density at radius 3 is 2.05 bits per heavy atom. The average molecular weight is 589 g/mol. The van der Waals surface area contributed by atoms with Crippen LogP contribution in [0.5, 0.6) is 11.5 Å². The molecule has 5 rings (SSSR count). The quantitative estimate of drug-likeness (QED) is 0.122. The number of aromatic carboxylic acids is 2. The summed E-state index contributed by atoms with van der Waals surface area (Å²) in [7, 11) is 3.13. The minimum Gasteiger partial charge on any atom is -0.496 e. The molecule has 0 aliphatic heterocycles. The van der Waals surface area contributed by atoms with Gasteiger partial charge in [-0.2, -0.15) is 0 Å². The van der Waals surface area contributed by atoms with E-state index in [0.717, 1.165) is 33.4 Å². The monoisotopic (exact) mass is 588 g/mol. The van der Waals surface area contributed by atoms with E-state index in [9.17, 15) is 19.8 Å². The molecular formula is C36H32N2O6. The van der Waals surface area contributed by atoms with Gasteiger partial charge in [0.05, 0.1) is 36.7 Å². The molecule has 5 aromatic rings. The van der Waals surface area contributed by atoms with Crippen molar-refractivity contribution in [3.63, 3.8) is 0 Å². The molecule has 0 radical (unpaired) electrons. The lowest BCUT2D eigenvalue weighted by molar-refractivity contribution is 0.0686. The van der Waals surface area contributed by atoms with Crippen molar-refractivity contribution in [1.29, 1.82) is 0 Å². The van der Waals surface area contributed by atoms with E-state index >= 15 is 0 Å². The Hall–Kier alpha value is -5.76. The maximum absolute atomic E-state index is 11.9. The molecule has 0 atom stereocenters. The first-order valence-corrected chi connectivity index (χ1v) is 13.9. The van der Waals surface area contributed by atoms with Crippen LogP contribution in [0.4, 0.5) is 17.1 Å². The fourth-order valence-electron chi connectivity index (χ4n) is 5.31. The Kier molecular flexibility index (Phi) is 8.53. The van der Waals surface area contributed by atoms with Gasteiger partial charge in [0.1, 0.15) is 11.5 Å². The van der Waals surface area contributed by atoms with E-state index in [-0.39, 0.29) is 11.1 Å². The van der Waals surface area contributed by atoms with Crippen LogP contribution in [0.2, 0.25) is 0 Å². The van der Waals surface area contributed by atoms with E-state index in [0.29, 0.717) is 40.5 Å². The van der Waals surface area contributed by atoms with E-state index in [2.05, 4.69) is 5.32 Å². The number of para-hydroxylation sites is 1. The van der Waals surface area contributed by atoms with Crippen molar-refractivity contribution < 1.29 is 29.3 Å². The summed E-state index contributed by atoms with van der Waals surface area (Å²) in [6, 6.07) is 29.0. The molecule has 0 saturated heterocycles. The molecule has 0 aliphatic rings. The number of rotatable bonds is 10. The van der Waals surface area contributed by atoms with Crippen molar-refractivity contribution in [2.45, 2.75) is 13.3 Å². The highest BCUT2D eigenvalue weighted by Gasteiger charge is 2.19. The summed E-state index contributed by atoms with van der Waals surface area (Å²) in [4.78, 5) is 23.7. The van der Waals surface area contributed by atoms with Crippen LogP contribution in [0.1, 0.15) is 37.4 Å². The molecular weight excluding hydrogens is 556 g/mol. The predicted molar refractivity (Wildman–Crippen MR) is 172 cm³/mol. The summed E-state index contributed by atoms with van der Waals surface area (Å²) < 4.78 is 11.6. The highest BCUT2D eigenvalue weighted by Crippen LogP contribution is 2.44. The Morgan fingerprint density at radius 1 is 0.682 bits per heavy atom. The van der Waals surface area contributed by atoms with E-state index < -0.39 is 11.9 Å². The Morgan fingerprint density at radius 2 is 1.36 bits per heavy atom. The third kappa shape index (κ3) is 6.05. The van der Waals surface area contributed by atoms with Crippen LogP contribution in [0.15, 0.2) is 97.1 Å². The second kappa shape index (κ2) is 12.6. The number of nitrogens with one attached hydrogen (secondary N) is 1. The first kappa shape index (κ1) is 29.7. The van der Waals surface area contributed by atoms with Crippen molar-refractivity contribution in [2.24, 2.45) is 0 Å². The van der Waals surface area contributed by atoms with E-state index in [1.54, 1.807) is 50.6 Å². The first-order valence-electron chi connectivity index (χ1n) is 13.9. The number of benzene rings is 5. The fourth-order valence-corrected chi connectivity index (χ4v) is 5.31. The van der Waals surface area contributed by atoms with Gasteiger partial charge in [-0.1, -0.05) is 54.6 Å². The number of nitrogen functional groups attached to an aromatic ring is 1. The average Bonchev–Trinajstić information content (AvgIpc) is 3.01.